The average molecular weight is 444 g/mol. The molecule has 2 N–H and O–H groups in total. The third kappa shape index (κ3) is 5.67. The normalized spacial score (nSPS) is 10.2. The number of ether oxygens (including phenoxy) is 1. The van der Waals surface area contributed by atoms with E-state index in [9.17, 15) is 24.5 Å². The van der Waals surface area contributed by atoms with Crippen molar-refractivity contribution < 1.29 is 28.5 Å². The molecule has 0 atom stereocenters. The van der Waals surface area contributed by atoms with Gasteiger partial charge in [-0.15, -0.1) is 0 Å². The number of anilines is 2. The first-order chi connectivity index (χ1) is 14.8. The molecular formula is C20H14ClN3O7. The van der Waals surface area contributed by atoms with Gasteiger partial charge in [0.25, 0.3) is 17.5 Å². The highest BCUT2D eigenvalue weighted by molar-refractivity contribution is 6.34. The van der Waals surface area contributed by atoms with Gasteiger partial charge in [0.2, 0.25) is 0 Å². The highest BCUT2D eigenvalue weighted by Crippen LogP contribution is 2.26. The molecule has 2 amide bonds. The average Bonchev–Trinajstić information content (AvgIpc) is 3.29. The van der Waals surface area contributed by atoms with E-state index >= 15 is 0 Å². The van der Waals surface area contributed by atoms with Crippen molar-refractivity contribution in [1.82, 2.24) is 0 Å². The molecule has 3 rings (SSSR count). The van der Waals surface area contributed by atoms with E-state index in [-0.39, 0.29) is 27.7 Å². The Labute approximate surface area is 179 Å². The minimum Gasteiger partial charge on any atom is -0.459 e. The maximum atomic E-state index is 12.1. The van der Waals surface area contributed by atoms with Gasteiger partial charge in [0.1, 0.15) is 0 Å². The smallest absolute Gasteiger partial charge is 0.338 e. The Morgan fingerprint density at radius 3 is 2.42 bits per heavy atom. The van der Waals surface area contributed by atoms with Gasteiger partial charge in [-0.2, -0.15) is 0 Å². The van der Waals surface area contributed by atoms with Gasteiger partial charge in [-0.3, -0.25) is 19.7 Å². The van der Waals surface area contributed by atoms with Gasteiger partial charge in [-0.25, -0.2) is 4.79 Å². The molecule has 158 valence electrons. The lowest BCUT2D eigenvalue weighted by atomic mass is 10.2. The Morgan fingerprint density at radius 1 is 1.06 bits per heavy atom. The summed E-state index contributed by atoms with van der Waals surface area (Å²) in [5.74, 6) is -1.73. The van der Waals surface area contributed by atoms with E-state index in [0.29, 0.717) is 5.69 Å². The number of furan rings is 1. The minimum atomic E-state index is -0.756. The number of halogens is 1. The van der Waals surface area contributed by atoms with Crippen molar-refractivity contribution in [2.45, 2.75) is 0 Å². The maximum Gasteiger partial charge on any atom is 0.338 e. The standard InChI is InChI=1S/C20H14ClN3O7/c21-15-10-14(24(28)29)7-8-16(15)23-18(25)11-31-20(27)12-3-5-13(6-4-12)22-19(26)17-2-1-9-30-17/h1-10H,11H2,(H,22,26)(H,23,25). The number of benzene rings is 2. The van der Waals surface area contributed by atoms with Crippen LogP contribution >= 0.6 is 11.6 Å². The number of rotatable bonds is 7. The summed E-state index contributed by atoms with van der Waals surface area (Å²) >= 11 is 5.90. The molecule has 1 heterocycles. The number of nitro groups is 1. The minimum absolute atomic E-state index is 0.0268. The van der Waals surface area contributed by atoms with Crippen molar-refractivity contribution in [2.24, 2.45) is 0 Å². The summed E-state index contributed by atoms with van der Waals surface area (Å²) in [4.78, 5) is 46.1. The zero-order valence-electron chi connectivity index (χ0n) is 15.7. The molecule has 0 aliphatic rings. The maximum absolute atomic E-state index is 12.1. The molecule has 0 saturated carbocycles. The number of non-ortho nitro benzene ring substituents is 1. The van der Waals surface area contributed by atoms with Gasteiger partial charge in [-0.05, 0) is 42.5 Å². The van der Waals surface area contributed by atoms with E-state index in [1.807, 2.05) is 0 Å². The summed E-state index contributed by atoms with van der Waals surface area (Å²) in [6, 6.07) is 12.5. The van der Waals surface area contributed by atoms with Crippen molar-refractivity contribution in [1.29, 1.82) is 0 Å². The summed E-state index contributed by atoms with van der Waals surface area (Å²) in [7, 11) is 0. The van der Waals surface area contributed by atoms with Crippen LogP contribution in [0.15, 0.2) is 65.3 Å². The number of carbonyl (C=O) groups excluding carboxylic acids is 3. The second-order valence-electron chi connectivity index (χ2n) is 6.05. The van der Waals surface area contributed by atoms with Crippen LogP contribution in [0.1, 0.15) is 20.9 Å². The van der Waals surface area contributed by atoms with Gasteiger partial charge in [-0.1, -0.05) is 11.6 Å². The van der Waals surface area contributed by atoms with Crippen LogP contribution in [0.3, 0.4) is 0 Å². The third-order valence-electron chi connectivity index (χ3n) is 3.90. The number of esters is 1. The first-order valence-corrected chi connectivity index (χ1v) is 9.07. The van der Waals surface area contributed by atoms with E-state index in [4.69, 9.17) is 20.8 Å². The lowest BCUT2D eigenvalue weighted by Crippen LogP contribution is -2.21. The molecule has 0 bridgehead atoms. The summed E-state index contributed by atoms with van der Waals surface area (Å²) < 4.78 is 9.93. The SMILES string of the molecule is O=C(COC(=O)c1ccc(NC(=O)c2ccco2)cc1)Nc1ccc([N+](=O)[O-])cc1Cl. The lowest BCUT2D eigenvalue weighted by Gasteiger charge is -2.08. The third-order valence-corrected chi connectivity index (χ3v) is 4.21. The van der Waals surface area contributed by atoms with Crippen LogP contribution in [-0.2, 0) is 9.53 Å². The molecule has 0 fully saturated rings. The predicted molar refractivity (Wildman–Crippen MR) is 110 cm³/mol. The topological polar surface area (TPSA) is 141 Å². The van der Waals surface area contributed by atoms with Crippen LogP contribution in [0, 0.1) is 10.1 Å². The van der Waals surface area contributed by atoms with Crippen LogP contribution < -0.4 is 10.6 Å². The molecule has 0 aliphatic carbocycles. The molecule has 0 radical (unpaired) electrons. The highest BCUT2D eigenvalue weighted by atomic mass is 35.5. The summed E-state index contributed by atoms with van der Waals surface area (Å²) in [6.45, 7) is -0.594. The molecule has 1 aromatic heterocycles. The summed E-state index contributed by atoms with van der Waals surface area (Å²) in [6.07, 6.45) is 1.37. The lowest BCUT2D eigenvalue weighted by molar-refractivity contribution is -0.384. The first-order valence-electron chi connectivity index (χ1n) is 8.69. The molecule has 31 heavy (non-hydrogen) atoms. The summed E-state index contributed by atoms with van der Waals surface area (Å²) in [5.41, 5.74) is 0.517. The Hall–Kier alpha value is -4.18. The monoisotopic (exact) mass is 443 g/mol. The molecule has 0 saturated heterocycles. The number of hydrogen-bond acceptors (Lipinski definition) is 7. The number of amides is 2. The van der Waals surface area contributed by atoms with Crippen LogP contribution in [0.25, 0.3) is 0 Å². The van der Waals surface area contributed by atoms with E-state index in [1.165, 1.54) is 48.7 Å². The Bertz CT molecular complexity index is 1130. The van der Waals surface area contributed by atoms with Crippen LogP contribution in [0.5, 0.6) is 0 Å². The number of nitro benzene ring substituents is 1. The Morgan fingerprint density at radius 2 is 1.81 bits per heavy atom. The molecular weight excluding hydrogens is 430 g/mol. The van der Waals surface area contributed by atoms with Crippen LogP contribution in [0.4, 0.5) is 17.1 Å². The van der Waals surface area contributed by atoms with E-state index in [1.54, 1.807) is 6.07 Å². The molecule has 0 unspecified atom stereocenters. The zero-order chi connectivity index (χ0) is 22.4. The number of carbonyl (C=O) groups is 3. The predicted octanol–water partition coefficient (Wildman–Crippen LogP) is 3.89. The molecule has 11 heteroatoms. The van der Waals surface area contributed by atoms with Crippen molar-refractivity contribution in [3.8, 4) is 0 Å². The number of hydrogen-bond donors (Lipinski definition) is 2. The van der Waals surface area contributed by atoms with Gasteiger partial charge >= 0.3 is 5.97 Å². The van der Waals surface area contributed by atoms with Crippen molar-refractivity contribution in [3.63, 3.8) is 0 Å². The van der Waals surface area contributed by atoms with Gasteiger partial charge in [0, 0.05) is 17.8 Å². The van der Waals surface area contributed by atoms with Crippen LogP contribution in [0.2, 0.25) is 5.02 Å². The molecule has 3 aromatic rings. The largest absolute Gasteiger partial charge is 0.459 e. The zero-order valence-corrected chi connectivity index (χ0v) is 16.4. The highest BCUT2D eigenvalue weighted by Gasteiger charge is 2.14. The van der Waals surface area contributed by atoms with Crippen molar-refractivity contribution >= 4 is 46.4 Å². The second kappa shape index (κ2) is 9.55. The van der Waals surface area contributed by atoms with Crippen molar-refractivity contribution in [2.75, 3.05) is 17.2 Å². The van der Waals surface area contributed by atoms with Gasteiger partial charge in [0.15, 0.2) is 12.4 Å². The van der Waals surface area contributed by atoms with E-state index in [0.717, 1.165) is 6.07 Å². The van der Waals surface area contributed by atoms with Gasteiger partial charge in [0.05, 0.1) is 27.5 Å². The molecule has 0 spiro atoms. The van der Waals surface area contributed by atoms with E-state index in [2.05, 4.69) is 10.6 Å². The summed E-state index contributed by atoms with van der Waals surface area (Å²) in [5, 5.41) is 15.7. The number of nitrogens with one attached hydrogen (secondary N) is 2. The Balaban J connectivity index is 1.51. The first kappa shape index (κ1) is 21.5. The fourth-order valence-electron chi connectivity index (χ4n) is 2.41. The van der Waals surface area contributed by atoms with Gasteiger partial charge < -0.3 is 19.8 Å². The molecule has 0 aliphatic heterocycles. The molecule has 10 nitrogen and oxygen atoms in total. The fourth-order valence-corrected chi connectivity index (χ4v) is 2.63. The van der Waals surface area contributed by atoms with Crippen molar-refractivity contribution in [3.05, 3.63) is 87.3 Å². The van der Waals surface area contributed by atoms with E-state index < -0.39 is 29.3 Å². The fraction of sp³-hybridized carbons (Fsp3) is 0.0500. The molecule has 2 aromatic carbocycles. The number of nitrogens with zero attached hydrogens (tertiary/aromatic N) is 1. The Kier molecular flexibility index (Phi) is 6.63. The quantitative estimate of drug-likeness (QED) is 0.320. The second-order valence-corrected chi connectivity index (χ2v) is 6.46. The van der Waals surface area contributed by atoms with Crippen LogP contribution in [-0.4, -0.2) is 29.3 Å².